The first kappa shape index (κ1) is 36.3. The fraction of sp³-hybridized carbons (Fsp3) is 0.478. The zero-order chi connectivity index (χ0) is 36.7. The molecule has 0 amide bonds. The fourth-order valence-corrected chi connectivity index (χ4v) is 12.0. The van der Waals surface area contributed by atoms with Crippen LogP contribution in [0.15, 0.2) is 102 Å². The summed E-state index contributed by atoms with van der Waals surface area (Å²) in [6.07, 6.45) is 10.8. The Bertz CT molecular complexity index is 1980. The number of unbranched alkanes of at least 4 members (excludes halogenated alkanes) is 3. The number of hydrogen-bond donors (Lipinski definition) is 1. The van der Waals surface area contributed by atoms with Crippen LogP contribution in [-0.2, 0) is 27.3 Å². The molecule has 4 aromatic rings. The summed E-state index contributed by atoms with van der Waals surface area (Å²) in [5, 5.41) is 12.1. The third-order valence-corrected chi connectivity index (χ3v) is 15.2. The predicted octanol–water partition coefficient (Wildman–Crippen LogP) is 10.1. The van der Waals surface area contributed by atoms with Gasteiger partial charge in [0.25, 0.3) is 10.1 Å². The highest BCUT2D eigenvalue weighted by atomic mass is 32.2. The molecule has 0 saturated heterocycles. The van der Waals surface area contributed by atoms with E-state index in [1.54, 1.807) is 24.3 Å². The molecule has 7 heteroatoms. The number of ether oxygens (including phenoxy) is 2. The van der Waals surface area contributed by atoms with E-state index in [4.69, 9.17) is 13.7 Å². The molecule has 3 saturated carbocycles. The van der Waals surface area contributed by atoms with Crippen LogP contribution in [0.5, 0.6) is 11.5 Å². The van der Waals surface area contributed by atoms with Gasteiger partial charge in [-0.2, -0.15) is 8.42 Å². The Balaban J connectivity index is 0.907. The van der Waals surface area contributed by atoms with Gasteiger partial charge >= 0.3 is 0 Å². The van der Waals surface area contributed by atoms with Gasteiger partial charge in [0.05, 0.1) is 23.7 Å². The molecule has 3 fully saturated rings. The molecule has 0 aromatic heterocycles. The summed E-state index contributed by atoms with van der Waals surface area (Å²) in [6.45, 7) is 5.73. The van der Waals surface area contributed by atoms with Crippen molar-refractivity contribution in [1.29, 1.82) is 0 Å². The summed E-state index contributed by atoms with van der Waals surface area (Å²) in [6, 6.07) is 32.8. The second kappa shape index (κ2) is 14.5. The number of aliphatic hydroxyl groups is 1. The van der Waals surface area contributed by atoms with Gasteiger partial charge in [-0.25, -0.2) is 0 Å². The van der Waals surface area contributed by atoms with Crippen molar-refractivity contribution in [3.05, 3.63) is 125 Å². The van der Waals surface area contributed by atoms with E-state index in [-0.39, 0.29) is 22.3 Å². The average molecular weight is 735 g/mol. The van der Waals surface area contributed by atoms with Crippen LogP contribution in [0, 0.1) is 23.7 Å². The van der Waals surface area contributed by atoms with Crippen molar-refractivity contribution in [2.45, 2.75) is 113 Å². The maximum absolute atomic E-state index is 12.4. The van der Waals surface area contributed by atoms with E-state index in [9.17, 15) is 13.5 Å². The summed E-state index contributed by atoms with van der Waals surface area (Å²) < 4.78 is 42.5. The van der Waals surface area contributed by atoms with Crippen molar-refractivity contribution in [2.75, 3.05) is 13.2 Å². The van der Waals surface area contributed by atoms with Crippen LogP contribution in [0.2, 0.25) is 0 Å². The van der Waals surface area contributed by atoms with E-state index in [0.29, 0.717) is 37.4 Å². The molecule has 4 aromatic carbocycles. The Kier molecular flexibility index (Phi) is 9.97. The highest BCUT2D eigenvalue weighted by Gasteiger charge is 2.74. The smallest absolute Gasteiger partial charge is 0.296 e. The van der Waals surface area contributed by atoms with Gasteiger partial charge in [0.2, 0.25) is 0 Å². The summed E-state index contributed by atoms with van der Waals surface area (Å²) in [7, 11) is -3.71. The van der Waals surface area contributed by atoms with Crippen LogP contribution in [0.3, 0.4) is 0 Å². The normalized spacial score (nSPS) is 28.5. The zero-order valence-corrected chi connectivity index (χ0v) is 32.1. The lowest BCUT2D eigenvalue weighted by molar-refractivity contribution is -0.108. The monoisotopic (exact) mass is 734 g/mol. The van der Waals surface area contributed by atoms with E-state index in [2.05, 4.69) is 73.7 Å². The van der Waals surface area contributed by atoms with Gasteiger partial charge in [0, 0.05) is 5.41 Å². The maximum Gasteiger partial charge on any atom is 0.296 e. The molecule has 1 N–H and O–H groups in total. The molecule has 0 aliphatic heterocycles. The lowest BCUT2D eigenvalue weighted by Gasteiger charge is -2.59. The predicted molar refractivity (Wildman–Crippen MR) is 208 cm³/mol. The second-order valence-corrected chi connectivity index (χ2v) is 18.2. The SMILES string of the molecule is Cc1ccc(S(=O)(=O)OCCCCCCOc2ccc([C@H]3C[C@]4(C)C5(O)CCC4(CC5)[C@@H]4CCc5cc(OCc6ccccc6)ccc5[C@@H]34)cc2)cc1. The molecule has 53 heavy (non-hydrogen) atoms. The zero-order valence-electron chi connectivity index (χ0n) is 31.3. The molecule has 0 heterocycles. The Morgan fingerprint density at radius 1 is 0.774 bits per heavy atom. The van der Waals surface area contributed by atoms with Gasteiger partial charge in [0.15, 0.2) is 0 Å². The van der Waals surface area contributed by atoms with Gasteiger partial charge < -0.3 is 14.6 Å². The van der Waals surface area contributed by atoms with Gasteiger partial charge in [-0.3, -0.25) is 4.18 Å². The lowest BCUT2D eigenvalue weighted by Crippen LogP contribution is -2.54. The van der Waals surface area contributed by atoms with Crippen LogP contribution < -0.4 is 9.47 Å². The van der Waals surface area contributed by atoms with Crippen molar-refractivity contribution < 1.29 is 27.2 Å². The van der Waals surface area contributed by atoms with Gasteiger partial charge in [-0.1, -0.05) is 79.6 Å². The summed E-state index contributed by atoms with van der Waals surface area (Å²) in [5.74, 6) is 3.11. The molecule has 4 atom stereocenters. The quantitative estimate of drug-likeness (QED) is 0.103. The minimum absolute atomic E-state index is 0.0762. The minimum atomic E-state index is -3.71. The van der Waals surface area contributed by atoms with Crippen molar-refractivity contribution >= 4 is 10.1 Å². The molecular formula is C46H54O6S. The first-order valence-electron chi connectivity index (χ1n) is 19.8. The van der Waals surface area contributed by atoms with E-state index in [0.717, 1.165) is 81.3 Å². The molecule has 4 aliphatic rings. The number of fused-ring (bicyclic) bond motifs is 3. The number of aryl methyl sites for hydroxylation is 2. The molecule has 0 radical (unpaired) electrons. The Hall–Kier alpha value is -3.65. The molecule has 2 bridgehead atoms. The first-order chi connectivity index (χ1) is 25.6. The number of rotatable bonds is 14. The van der Waals surface area contributed by atoms with Crippen LogP contribution in [0.1, 0.15) is 111 Å². The molecule has 4 aliphatic carbocycles. The van der Waals surface area contributed by atoms with Crippen molar-refractivity contribution in [3.63, 3.8) is 0 Å². The molecule has 280 valence electrons. The highest BCUT2D eigenvalue weighted by Crippen LogP contribution is 2.79. The number of hydrogen-bond acceptors (Lipinski definition) is 6. The van der Waals surface area contributed by atoms with Crippen LogP contribution in [-0.4, -0.2) is 32.3 Å². The Labute approximate surface area is 316 Å². The third kappa shape index (κ3) is 6.72. The van der Waals surface area contributed by atoms with Gasteiger partial charge in [0.1, 0.15) is 18.1 Å². The van der Waals surface area contributed by atoms with Gasteiger partial charge in [-0.05, 0) is 153 Å². The van der Waals surface area contributed by atoms with Gasteiger partial charge in [-0.15, -0.1) is 0 Å². The highest BCUT2D eigenvalue weighted by molar-refractivity contribution is 7.86. The topological polar surface area (TPSA) is 82.1 Å². The van der Waals surface area contributed by atoms with E-state index in [1.165, 1.54) is 22.3 Å². The third-order valence-electron chi connectivity index (χ3n) is 13.9. The minimum Gasteiger partial charge on any atom is -0.494 e. The van der Waals surface area contributed by atoms with Crippen molar-refractivity contribution in [3.8, 4) is 11.5 Å². The van der Waals surface area contributed by atoms with Crippen LogP contribution >= 0.6 is 0 Å². The maximum atomic E-state index is 12.4. The molecule has 0 spiro atoms. The Morgan fingerprint density at radius 2 is 1.47 bits per heavy atom. The van der Waals surface area contributed by atoms with Crippen LogP contribution in [0.4, 0.5) is 0 Å². The summed E-state index contributed by atoms with van der Waals surface area (Å²) >= 11 is 0. The molecule has 8 rings (SSSR count). The van der Waals surface area contributed by atoms with Crippen LogP contribution in [0.25, 0.3) is 0 Å². The molecular weight excluding hydrogens is 681 g/mol. The largest absolute Gasteiger partial charge is 0.494 e. The van der Waals surface area contributed by atoms with E-state index >= 15 is 0 Å². The lowest BCUT2D eigenvalue weighted by atomic mass is 9.45. The second-order valence-electron chi connectivity index (χ2n) is 16.6. The number of benzene rings is 4. The van der Waals surface area contributed by atoms with E-state index < -0.39 is 15.7 Å². The summed E-state index contributed by atoms with van der Waals surface area (Å²) in [5.41, 5.74) is 6.00. The first-order valence-corrected chi connectivity index (χ1v) is 21.2. The van der Waals surface area contributed by atoms with E-state index in [1.807, 2.05) is 13.0 Å². The fourth-order valence-electron chi connectivity index (χ4n) is 11.0. The van der Waals surface area contributed by atoms with Crippen molar-refractivity contribution in [2.24, 2.45) is 16.7 Å². The standard InChI is InChI=1S/C46H54O6S/c1-33-12-20-39(21-13-33)53(48,49)52-29-9-4-3-8-28-50-37-17-14-35(15-18-37)41-31-44(2)45(24-26-46(44,47)27-25-45)42-23-16-36-30-38(19-22-40(36)43(41)42)51-32-34-10-6-5-7-11-34/h5-7,10-15,17-22,30,41-43,47H,3-4,8-9,16,23-29,31-32H2,1-2H3/t41-,42-,43+,44+,45?,46?/m1/s1. The van der Waals surface area contributed by atoms with Crippen molar-refractivity contribution in [1.82, 2.24) is 0 Å². The summed E-state index contributed by atoms with van der Waals surface area (Å²) in [4.78, 5) is 0.203. The average Bonchev–Trinajstić information content (AvgIpc) is 3.54. The molecule has 0 unspecified atom stereocenters. The Morgan fingerprint density at radius 3 is 2.21 bits per heavy atom. The molecule has 6 nitrogen and oxygen atoms in total.